The van der Waals surface area contributed by atoms with Gasteiger partial charge >= 0.3 is 6.09 Å². The number of pyridine rings is 1. The van der Waals surface area contributed by atoms with Gasteiger partial charge in [-0.2, -0.15) is 0 Å². The summed E-state index contributed by atoms with van der Waals surface area (Å²) in [7, 11) is 0. The number of hydrogen-bond donors (Lipinski definition) is 1. The first kappa shape index (κ1) is 20.3. The molecule has 3 aliphatic heterocycles. The van der Waals surface area contributed by atoms with Crippen LogP contribution in [0.1, 0.15) is 16.8 Å². The summed E-state index contributed by atoms with van der Waals surface area (Å²) in [5.41, 5.74) is 2.80. The van der Waals surface area contributed by atoms with Crippen LogP contribution >= 0.6 is 0 Å². The maximum Gasteiger partial charge on any atom is 0.416 e. The minimum atomic E-state index is -0.472. The molecule has 2 aromatic heterocycles. The summed E-state index contributed by atoms with van der Waals surface area (Å²) in [6.45, 7) is 4.77. The van der Waals surface area contributed by atoms with Crippen molar-refractivity contribution in [1.82, 2.24) is 19.9 Å². The predicted octanol–water partition coefficient (Wildman–Crippen LogP) is 1.32. The maximum atomic E-state index is 14.1. The first-order valence-electron chi connectivity index (χ1n) is 11.1. The molecule has 2 atom stereocenters. The lowest BCUT2D eigenvalue weighted by Crippen LogP contribution is -2.54. The van der Waals surface area contributed by atoms with Crippen LogP contribution in [-0.4, -0.2) is 70.7 Å². The average molecular weight is 454 g/mol. The van der Waals surface area contributed by atoms with Gasteiger partial charge in [-0.05, 0) is 36.8 Å². The highest BCUT2D eigenvalue weighted by atomic mass is 19.1. The zero-order chi connectivity index (χ0) is 22.7. The molecular formula is C22H23FN6O4. The van der Waals surface area contributed by atoms with Crippen molar-refractivity contribution in [3.05, 3.63) is 35.0 Å². The Morgan fingerprint density at radius 3 is 2.79 bits per heavy atom. The third-order valence-corrected chi connectivity index (χ3v) is 6.91. The Bertz CT molecular complexity index is 1120. The van der Waals surface area contributed by atoms with E-state index in [2.05, 4.69) is 25.2 Å². The van der Waals surface area contributed by atoms with E-state index >= 15 is 0 Å². The fourth-order valence-corrected chi connectivity index (χ4v) is 5.21. The van der Waals surface area contributed by atoms with Crippen LogP contribution in [0.15, 0.2) is 12.4 Å². The molecule has 2 amide bonds. The van der Waals surface area contributed by atoms with Gasteiger partial charge in [0, 0.05) is 31.2 Å². The Balaban J connectivity index is 1.05. The van der Waals surface area contributed by atoms with E-state index in [-0.39, 0.29) is 42.1 Å². The zero-order valence-corrected chi connectivity index (χ0v) is 18.1. The lowest BCUT2D eigenvalue weighted by molar-refractivity contribution is -0.118. The Hall–Kier alpha value is -3.34. The molecular weight excluding hydrogens is 431 g/mol. The topological polar surface area (TPSA) is 110 Å². The van der Waals surface area contributed by atoms with Crippen molar-refractivity contribution in [2.45, 2.75) is 25.9 Å². The molecule has 6 rings (SSSR count). The monoisotopic (exact) mass is 454 g/mol. The third kappa shape index (κ3) is 3.56. The van der Waals surface area contributed by atoms with Gasteiger partial charge in [0.25, 0.3) is 11.8 Å². The Kier molecular flexibility index (Phi) is 4.68. The van der Waals surface area contributed by atoms with Gasteiger partial charge in [-0.25, -0.2) is 19.2 Å². The molecule has 2 saturated heterocycles. The molecule has 5 heterocycles. The molecule has 2 aromatic rings. The van der Waals surface area contributed by atoms with Crippen molar-refractivity contribution in [3.63, 3.8) is 0 Å². The lowest BCUT2D eigenvalue weighted by Gasteiger charge is -2.42. The molecule has 0 spiro atoms. The highest BCUT2D eigenvalue weighted by Gasteiger charge is 2.44. The van der Waals surface area contributed by atoms with Crippen molar-refractivity contribution < 1.29 is 23.5 Å². The minimum Gasteiger partial charge on any atom is -0.465 e. The number of rotatable bonds is 4. The fraction of sp³-hybridized carbons (Fsp3) is 0.500. The molecule has 1 aliphatic carbocycles. The number of ether oxygens (including phenoxy) is 2. The summed E-state index contributed by atoms with van der Waals surface area (Å²) >= 11 is 0. The molecule has 0 aromatic carbocycles. The molecule has 11 heteroatoms. The summed E-state index contributed by atoms with van der Waals surface area (Å²) < 4.78 is 24.9. The Morgan fingerprint density at radius 2 is 1.97 bits per heavy atom. The van der Waals surface area contributed by atoms with E-state index in [0.29, 0.717) is 18.3 Å². The van der Waals surface area contributed by atoms with Gasteiger partial charge in [0.2, 0.25) is 0 Å². The number of cyclic esters (lactones) is 1. The molecule has 0 radical (unpaired) electrons. The number of fused-ring (bicyclic) bond motifs is 2. The molecule has 1 N–H and O–H groups in total. The first-order chi connectivity index (χ1) is 15.9. The number of nitrogens with zero attached hydrogens (tertiary/aromatic N) is 5. The van der Waals surface area contributed by atoms with Gasteiger partial charge in [0.05, 0.1) is 18.9 Å². The SMILES string of the molecule is Cc1ncc(F)c2c1CC(CN1CC(C3CN(c4cnc5c(n4)NC(=O)CO5)C(=O)O3)C1)C2. The van der Waals surface area contributed by atoms with Gasteiger partial charge in [-0.3, -0.25) is 14.7 Å². The molecule has 2 fully saturated rings. The number of likely N-dealkylation sites (tertiary alicyclic amines) is 1. The number of nitrogens with one attached hydrogen (secondary N) is 1. The van der Waals surface area contributed by atoms with E-state index in [0.717, 1.165) is 49.3 Å². The fourth-order valence-electron chi connectivity index (χ4n) is 5.21. The summed E-state index contributed by atoms with van der Waals surface area (Å²) in [5, 5.41) is 2.60. The van der Waals surface area contributed by atoms with E-state index in [1.54, 1.807) is 0 Å². The lowest BCUT2D eigenvalue weighted by atomic mass is 9.91. The van der Waals surface area contributed by atoms with Crippen molar-refractivity contribution in [2.24, 2.45) is 11.8 Å². The number of anilines is 2. The molecule has 0 bridgehead atoms. The van der Waals surface area contributed by atoms with Crippen LogP contribution in [0.5, 0.6) is 5.88 Å². The van der Waals surface area contributed by atoms with Crippen LogP contribution in [-0.2, 0) is 22.4 Å². The second-order valence-electron chi connectivity index (χ2n) is 9.15. The van der Waals surface area contributed by atoms with Gasteiger partial charge in [-0.1, -0.05) is 0 Å². The van der Waals surface area contributed by atoms with E-state index < -0.39 is 6.09 Å². The largest absolute Gasteiger partial charge is 0.465 e. The Morgan fingerprint density at radius 1 is 1.15 bits per heavy atom. The summed E-state index contributed by atoms with van der Waals surface area (Å²) in [5.74, 6) is 0.851. The smallest absolute Gasteiger partial charge is 0.416 e. The summed E-state index contributed by atoms with van der Waals surface area (Å²) in [4.78, 5) is 40.4. The second kappa shape index (κ2) is 7.62. The maximum absolute atomic E-state index is 14.1. The quantitative estimate of drug-likeness (QED) is 0.737. The van der Waals surface area contributed by atoms with Crippen LogP contribution in [0, 0.1) is 24.6 Å². The molecule has 4 aliphatic rings. The number of carbonyl (C=O) groups is 2. The van der Waals surface area contributed by atoms with Crippen molar-refractivity contribution in [2.75, 3.05) is 43.0 Å². The van der Waals surface area contributed by atoms with E-state index in [1.165, 1.54) is 17.3 Å². The van der Waals surface area contributed by atoms with Crippen LogP contribution in [0.25, 0.3) is 0 Å². The van der Waals surface area contributed by atoms with Crippen molar-refractivity contribution in [3.8, 4) is 5.88 Å². The molecule has 0 saturated carbocycles. The second-order valence-corrected chi connectivity index (χ2v) is 9.15. The molecule has 10 nitrogen and oxygen atoms in total. The number of aromatic nitrogens is 3. The highest BCUT2D eigenvalue weighted by molar-refractivity contribution is 5.94. The third-order valence-electron chi connectivity index (χ3n) is 6.91. The van der Waals surface area contributed by atoms with Gasteiger partial charge in [-0.15, -0.1) is 0 Å². The number of amides is 2. The van der Waals surface area contributed by atoms with Gasteiger partial charge in [0.1, 0.15) is 11.9 Å². The van der Waals surface area contributed by atoms with Crippen LogP contribution < -0.4 is 15.0 Å². The average Bonchev–Trinajstić information content (AvgIpc) is 3.37. The van der Waals surface area contributed by atoms with Crippen LogP contribution in [0.2, 0.25) is 0 Å². The van der Waals surface area contributed by atoms with Crippen LogP contribution in [0.3, 0.4) is 0 Å². The Labute approximate surface area is 189 Å². The van der Waals surface area contributed by atoms with Crippen LogP contribution in [0.4, 0.5) is 20.8 Å². The molecule has 33 heavy (non-hydrogen) atoms. The molecule has 2 unspecified atom stereocenters. The van der Waals surface area contributed by atoms with E-state index in [9.17, 15) is 14.0 Å². The van der Waals surface area contributed by atoms with Gasteiger partial charge in [0.15, 0.2) is 18.2 Å². The summed E-state index contributed by atoms with van der Waals surface area (Å²) in [6.07, 6.45) is 3.67. The number of carbonyl (C=O) groups excluding carboxylic acids is 2. The predicted molar refractivity (Wildman–Crippen MR) is 114 cm³/mol. The highest BCUT2D eigenvalue weighted by Crippen LogP contribution is 2.34. The van der Waals surface area contributed by atoms with Crippen molar-refractivity contribution in [1.29, 1.82) is 0 Å². The van der Waals surface area contributed by atoms with Gasteiger partial charge < -0.3 is 19.7 Å². The number of aryl methyl sites for hydroxylation is 1. The zero-order valence-electron chi connectivity index (χ0n) is 18.1. The standard InChI is InChI=1S/C22H23FN6O4/c1-11-14-2-12(3-15(14)16(23)4-24-11)6-28-7-13(8-28)17-9-29(22(31)33-17)18-5-25-21-20(26-18)27-19(30)10-32-21/h4-5,12-13,17H,2-3,6-10H2,1H3,(H,26,27,30). The molecule has 172 valence electrons. The minimum absolute atomic E-state index is 0.106. The first-order valence-corrected chi connectivity index (χ1v) is 11.1. The normalized spacial score (nSPS) is 24.6. The summed E-state index contributed by atoms with van der Waals surface area (Å²) in [6, 6.07) is 0. The number of halogens is 1. The number of hydrogen-bond acceptors (Lipinski definition) is 8. The van der Waals surface area contributed by atoms with E-state index in [4.69, 9.17) is 9.47 Å². The van der Waals surface area contributed by atoms with Crippen molar-refractivity contribution >= 4 is 23.6 Å². The van der Waals surface area contributed by atoms with E-state index in [1.807, 2.05) is 6.92 Å².